The lowest BCUT2D eigenvalue weighted by molar-refractivity contribution is 0.351. The topological polar surface area (TPSA) is 9.23 Å². The second-order valence-electron chi connectivity index (χ2n) is 4.64. The average Bonchev–Trinajstić information content (AvgIpc) is 2.48. The Hall–Kier alpha value is -2.28. The standard InChI is InChI=1S/C18H16O/c1-2-7-15(8-3-1)9-6-10-16-13-17-11-4-5-12-18(17)19-14-16/h1-8,10-13H,9,14H2/b10-6+. The number of benzene rings is 2. The van der Waals surface area contributed by atoms with Gasteiger partial charge in [0, 0.05) is 5.56 Å². The minimum atomic E-state index is 0.655. The van der Waals surface area contributed by atoms with Crippen LogP contribution in [-0.2, 0) is 6.42 Å². The van der Waals surface area contributed by atoms with Gasteiger partial charge in [0.15, 0.2) is 0 Å². The molecule has 1 nitrogen and oxygen atoms in total. The van der Waals surface area contributed by atoms with Gasteiger partial charge in [0.25, 0.3) is 0 Å². The first kappa shape index (κ1) is 11.8. The van der Waals surface area contributed by atoms with Crippen LogP contribution in [0.15, 0.2) is 72.3 Å². The lowest BCUT2D eigenvalue weighted by Gasteiger charge is -2.15. The van der Waals surface area contributed by atoms with Crippen molar-refractivity contribution in [3.63, 3.8) is 0 Å². The van der Waals surface area contributed by atoms with Gasteiger partial charge < -0.3 is 4.74 Å². The molecule has 2 aromatic carbocycles. The first-order chi connectivity index (χ1) is 9.42. The number of hydrogen-bond acceptors (Lipinski definition) is 1. The molecule has 0 amide bonds. The maximum absolute atomic E-state index is 5.72. The van der Waals surface area contributed by atoms with Gasteiger partial charge in [-0.3, -0.25) is 0 Å². The number of hydrogen-bond donors (Lipinski definition) is 0. The fourth-order valence-electron chi connectivity index (χ4n) is 2.19. The second kappa shape index (κ2) is 5.57. The van der Waals surface area contributed by atoms with Gasteiger partial charge in [0.05, 0.1) is 0 Å². The van der Waals surface area contributed by atoms with Crippen LogP contribution in [-0.4, -0.2) is 6.61 Å². The summed E-state index contributed by atoms with van der Waals surface area (Å²) in [5, 5.41) is 0. The van der Waals surface area contributed by atoms with Crippen LogP contribution < -0.4 is 4.74 Å². The van der Waals surface area contributed by atoms with Gasteiger partial charge in [-0.2, -0.15) is 0 Å². The Kier molecular flexibility index (Phi) is 3.46. The van der Waals surface area contributed by atoms with E-state index in [0.717, 1.165) is 17.7 Å². The molecule has 0 unspecified atom stereocenters. The molecule has 1 heteroatoms. The van der Waals surface area contributed by atoms with E-state index in [2.05, 4.69) is 48.6 Å². The Morgan fingerprint density at radius 3 is 2.63 bits per heavy atom. The maximum Gasteiger partial charge on any atom is 0.127 e. The van der Waals surface area contributed by atoms with Gasteiger partial charge in [-0.1, -0.05) is 60.7 Å². The molecule has 0 aromatic heterocycles. The molecule has 0 N–H and O–H groups in total. The Labute approximate surface area is 113 Å². The number of allylic oxidation sites excluding steroid dienone is 1. The summed E-state index contributed by atoms with van der Waals surface area (Å²) in [6.45, 7) is 0.655. The zero-order valence-electron chi connectivity index (χ0n) is 10.8. The molecule has 0 spiro atoms. The van der Waals surface area contributed by atoms with Crippen LogP contribution in [0.3, 0.4) is 0 Å². The molecular weight excluding hydrogens is 232 g/mol. The predicted octanol–water partition coefficient (Wildman–Crippen LogP) is 4.26. The van der Waals surface area contributed by atoms with Gasteiger partial charge in [-0.15, -0.1) is 0 Å². The maximum atomic E-state index is 5.72. The fraction of sp³-hybridized carbons (Fsp3) is 0.111. The summed E-state index contributed by atoms with van der Waals surface area (Å²) >= 11 is 0. The summed E-state index contributed by atoms with van der Waals surface area (Å²) in [5.41, 5.74) is 3.71. The van der Waals surface area contributed by atoms with E-state index < -0.39 is 0 Å². The molecule has 19 heavy (non-hydrogen) atoms. The van der Waals surface area contributed by atoms with Gasteiger partial charge in [-0.25, -0.2) is 0 Å². The van der Waals surface area contributed by atoms with E-state index in [4.69, 9.17) is 4.74 Å². The molecule has 0 saturated heterocycles. The lowest BCUT2D eigenvalue weighted by atomic mass is 10.1. The lowest BCUT2D eigenvalue weighted by Crippen LogP contribution is -2.05. The van der Waals surface area contributed by atoms with E-state index in [1.807, 2.05) is 24.3 Å². The van der Waals surface area contributed by atoms with Crippen LogP contribution >= 0.6 is 0 Å². The van der Waals surface area contributed by atoms with Crippen LogP contribution in [0.25, 0.3) is 6.08 Å². The minimum absolute atomic E-state index is 0.655. The van der Waals surface area contributed by atoms with E-state index in [0.29, 0.717) is 6.61 Å². The molecule has 0 aliphatic carbocycles. The SMILES string of the molecule is C1=C(/C=C/Cc2ccccc2)COc2ccccc21. The van der Waals surface area contributed by atoms with Crippen molar-refractivity contribution in [2.75, 3.05) is 6.61 Å². The predicted molar refractivity (Wildman–Crippen MR) is 79.2 cm³/mol. The zero-order chi connectivity index (χ0) is 12.9. The average molecular weight is 248 g/mol. The van der Waals surface area contributed by atoms with E-state index in [9.17, 15) is 0 Å². The molecule has 2 aromatic rings. The molecule has 1 aliphatic heterocycles. The molecule has 1 heterocycles. The quantitative estimate of drug-likeness (QED) is 0.788. The largest absolute Gasteiger partial charge is 0.488 e. The number of fused-ring (bicyclic) bond motifs is 1. The molecular formula is C18H16O. The fourth-order valence-corrected chi connectivity index (χ4v) is 2.19. The van der Waals surface area contributed by atoms with Crippen LogP contribution in [0.5, 0.6) is 5.75 Å². The van der Waals surface area contributed by atoms with Crippen LogP contribution in [0, 0.1) is 0 Å². The molecule has 0 fully saturated rings. The van der Waals surface area contributed by atoms with Crippen molar-refractivity contribution in [1.29, 1.82) is 0 Å². The smallest absolute Gasteiger partial charge is 0.127 e. The molecule has 3 rings (SSSR count). The summed E-state index contributed by atoms with van der Waals surface area (Å²) in [6, 6.07) is 18.6. The monoisotopic (exact) mass is 248 g/mol. The first-order valence-corrected chi connectivity index (χ1v) is 6.55. The van der Waals surface area contributed by atoms with E-state index in [-0.39, 0.29) is 0 Å². The molecule has 0 radical (unpaired) electrons. The van der Waals surface area contributed by atoms with Crippen molar-refractivity contribution >= 4 is 6.08 Å². The minimum Gasteiger partial charge on any atom is -0.488 e. The van der Waals surface area contributed by atoms with Crippen molar-refractivity contribution in [2.24, 2.45) is 0 Å². The Morgan fingerprint density at radius 1 is 0.947 bits per heavy atom. The highest BCUT2D eigenvalue weighted by Gasteiger charge is 2.07. The highest BCUT2D eigenvalue weighted by molar-refractivity contribution is 5.64. The highest BCUT2D eigenvalue weighted by atomic mass is 16.5. The summed E-state index contributed by atoms with van der Waals surface area (Å²) < 4.78 is 5.72. The van der Waals surface area contributed by atoms with Gasteiger partial charge in [0.2, 0.25) is 0 Å². The van der Waals surface area contributed by atoms with E-state index >= 15 is 0 Å². The Morgan fingerprint density at radius 2 is 1.74 bits per heavy atom. The van der Waals surface area contributed by atoms with E-state index in [1.54, 1.807) is 0 Å². The molecule has 0 bridgehead atoms. The summed E-state index contributed by atoms with van der Waals surface area (Å²) in [5.74, 6) is 0.975. The number of rotatable bonds is 3. The van der Waals surface area contributed by atoms with Gasteiger partial charge >= 0.3 is 0 Å². The van der Waals surface area contributed by atoms with Crippen molar-refractivity contribution < 1.29 is 4.74 Å². The third-order valence-electron chi connectivity index (χ3n) is 3.18. The second-order valence-corrected chi connectivity index (χ2v) is 4.64. The molecule has 0 atom stereocenters. The number of para-hydroxylation sites is 1. The van der Waals surface area contributed by atoms with Crippen LogP contribution in [0.2, 0.25) is 0 Å². The van der Waals surface area contributed by atoms with Crippen molar-refractivity contribution in [3.05, 3.63) is 83.4 Å². The van der Waals surface area contributed by atoms with Crippen molar-refractivity contribution in [3.8, 4) is 5.75 Å². The number of ether oxygens (including phenoxy) is 1. The summed E-state index contributed by atoms with van der Waals surface area (Å²) in [6.07, 6.45) is 7.50. The van der Waals surface area contributed by atoms with E-state index in [1.165, 1.54) is 11.1 Å². The summed E-state index contributed by atoms with van der Waals surface area (Å²) in [7, 11) is 0. The molecule has 1 aliphatic rings. The van der Waals surface area contributed by atoms with Crippen molar-refractivity contribution in [2.45, 2.75) is 6.42 Å². The van der Waals surface area contributed by atoms with Crippen molar-refractivity contribution in [1.82, 2.24) is 0 Å². The normalized spacial score (nSPS) is 13.8. The third-order valence-corrected chi connectivity index (χ3v) is 3.18. The Bertz CT molecular complexity index is 609. The highest BCUT2D eigenvalue weighted by Crippen LogP contribution is 2.26. The third kappa shape index (κ3) is 2.94. The van der Waals surface area contributed by atoms with Crippen LogP contribution in [0.1, 0.15) is 11.1 Å². The van der Waals surface area contributed by atoms with Gasteiger partial charge in [-0.05, 0) is 29.7 Å². The van der Waals surface area contributed by atoms with Gasteiger partial charge in [0.1, 0.15) is 12.4 Å². The first-order valence-electron chi connectivity index (χ1n) is 6.55. The zero-order valence-corrected chi connectivity index (χ0v) is 10.8. The van der Waals surface area contributed by atoms with Crippen LogP contribution in [0.4, 0.5) is 0 Å². The summed E-state index contributed by atoms with van der Waals surface area (Å²) in [4.78, 5) is 0. The molecule has 94 valence electrons. The molecule has 0 saturated carbocycles. The Balaban J connectivity index is 1.70.